The van der Waals surface area contributed by atoms with Gasteiger partial charge in [-0.2, -0.15) is 0 Å². The van der Waals surface area contributed by atoms with E-state index < -0.39 is 0 Å². The zero-order chi connectivity index (χ0) is 13.0. The van der Waals surface area contributed by atoms with E-state index in [1.54, 1.807) is 24.5 Å². The number of carbonyl (C=O) groups is 1. The quantitative estimate of drug-likeness (QED) is 0.800. The van der Waals surface area contributed by atoms with Crippen LogP contribution in [0.25, 0.3) is 11.0 Å². The number of amides is 2. The van der Waals surface area contributed by atoms with Gasteiger partial charge >= 0.3 is 6.03 Å². The summed E-state index contributed by atoms with van der Waals surface area (Å²) in [7, 11) is 0. The standard InChI is InChI=1S/C11H12BrN5O/c12-9-7(17-11(18)16-4-3-13)1-2-8-10(9)15-6-5-14-8/h1-2,5-6H,3-4,13H2,(H2,16,17,18). The normalized spacial score (nSPS) is 10.3. The molecule has 0 saturated heterocycles. The van der Waals surface area contributed by atoms with Crippen LogP contribution >= 0.6 is 15.9 Å². The number of nitrogens with zero attached hydrogens (tertiary/aromatic N) is 2. The summed E-state index contributed by atoms with van der Waals surface area (Å²) in [6.07, 6.45) is 3.22. The van der Waals surface area contributed by atoms with Crippen molar-refractivity contribution in [1.82, 2.24) is 15.3 Å². The molecule has 0 aliphatic rings. The Hall–Kier alpha value is -1.73. The SMILES string of the molecule is NCCNC(=O)Nc1ccc2nccnc2c1Br. The molecule has 2 amide bonds. The zero-order valence-corrected chi connectivity index (χ0v) is 11.1. The van der Waals surface area contributed by atoms with Crippen LogP contribution in [0.4, 0.5) is 10.5 Å². The molecule has 0 radical (unpaired) electrons. The van der Waals surface area contributed by atoms with Crippen LogP contribution < -0.4 is 16.4 Å². The Morgan fingerprint density at radius 3 is 2.89 bits per heavy atom. The topological polar surface area (TPSA) is 92.9 Å². The third kappa shape index (κ3) is 2.74. The number of halogens is 1. The molecular formula is C11H12BrN5O. The number of nitrogens with one attached hydrogen (secondary N) is 2. The van der Waals surface area contributed by atoms with Crippen molar-refractivity contribution in [1.29, 1.82) is 0 Å². The lowest BCUT2D eigenvalue weighted by Gasteiger charge is -2.09. The fourth-order valence-corrected chi connectivity index (χ4v) is 1.99. The monoisotopic (exact) mass is 309 g/mol. The van der Waals surface area contributed by atoms with Gasteiger partial charge in [0.2, 0.25) is 0 Å². The number of rotatable bonds is 3. The fourth-order valence-electron chi connectivity index (χ4n) is 1.45. The van der Waals surface area contributed by atoms with Crippen molar-refractivity contribution in [3.05, 3.63) is 29.0 Å². The van der Waals surface area contributed by atoms with Crippen molar-refractivity contribution in [3.8, 4) is 0 Å². The smallest absolute Gasteiger partial charge is 0.319 e. The minimum atomic E-state index is -0.301. The Labute approximate surface area is 112 Å². The average Bonchev–Trinajstić information content (AvgIpc) is 2.40. The van der Waals surface area contributed by atoms with Gasteiger partial charge in [-0.1, -0.05) is 0 Å². The molecule has 1 heterocycles. The van der Waals surface area contributed by atoms with E-state index in [4.69, 9.17) is 5.73 Å². The minimum absolute atomic E-state index is 0.301. The predicted octanol–water partition coefficient (Wildman–Crippen LogP) is 1.47. The Morgan fingerprint density at radius 2 is 2.11 bits per heavy atom. The van der Waals surface area contributed by atoms with Gasteiger partial charge in [-0.3, -0.25) is 9.97 Å². The van der Waals surface area contributed by atoms with Crippen LogP contribution in [-0.4, -0.2) is 29.1 Å². The van der Waals surface area contributed by atoms with E-state index in [2.05, 4.69) is 36.5 Å². The zero-order valence-electron chi connectivity index (χ0n) is 9.48. The molecular weight excluding hydrogens is 298 g/mol. The van der Waals surface area contributed by atoms with Crippen molar-refractivity contribution in [2.45, 2.75) is 0 Å². The summed E-state index contributed by atoms with van der Waals surface area (Å²) in [6, 6.07) is 3.26. The molecule has 94 valence electrons. The van der Waals surface area contributed by atoms with E-state index in [1.165, 1.54) is 0 Å². The van der Waals surface area contributed by atoms with Crippen LogP contribution in [0.15, 0.2) is 29.0 Å². The van der Waals surface area contributed by atoms with Crippen molar-refractivity contribution in [2.75, 3.05) is 18.4 Å². The second kappa shape index (κ2) is 5.74. The maximum Gasteiger partial charge on any atom is 0.319 e. The lowest BCUT2D eigenvalue weighted by atomic mass is 10.2. The number of carbonyl (C=O) groups excluding carboxylic acids is 1. The Bertz CT molecular complexity index is 574. The summed E-state index contributed by atoms with van der Waals surface area (Å²) in [4.78, 5) is 19.9. The summed E-state index contributed by atoms with van der Waals surface area (Å²) >= 11 is 3.41. The van der Waals surface area contributed by atoms with Crippen LogP contribution in [-0.2, 0) is 0 Å². The number of aromatic nitrogens is 2. The van der Waals surface area contributed by atoms with Crippen molar-refractivity contribution >= 4 is 38.7 Å². The minimum Gasteiger partial charge on any atom is -0.337 e. The molecule has 2 rings (SSSR count). The molecule has 7 heteroatoms. The number of hydrogen-bond acceptors (Lipinski definition) is 4. The molecule has 0 unspecified atom stereocenters. The van der Waals surface area contributed by atoms with E-state index in [0.29, 0.717) is 28.8 Å². The number of nitrogens with two attached hydrogens (primary N) is 1. The number of urea groups is 1. The lowest BCUT2D eigenvalue weighted by molar-refractivity contribution is 0.252. The largest absolute Gasteiger partial charge is 0.337 e. The maximum absolute atomic E-state index is 11.5. The van der Waals surface area contributed by atoms with Gasteiger partial charge in [0.05, 0.1) is 15.7 Å². The Kier molecular flexibility index (Phi) is 4.06. The first-order valence-electron chi connectivity index (χ1n) is 5.36. The molecule has 0 saturated carbocycles. The maximum atomic E-state index is 11.5. The number of anilines is 1. The van der Waals surface area contributed by atoms with E-state index >= 15 is 0 Å². The highest BCUT2D eigenvalue weighted by atomic mass is 79.9. The van der Waals surface area contributed by atoms with Crippen molar-refractivity contribution in [2.24, 2.45) is 5.73 Å². The second-order valence-electron chi connectivity index (χ2n) is 3.52. The van der Waals surface area contributed by atoms with E-state index in [1.807, 2.05) is 0 Å². The number of hydrogen-bond donors (Lipinski definition) is 3. The number of fused-ring (bicyclic) bond motifs is 1. The molecule has 18 heavy (non-hydrogen) atoms. The van der Waals surface area contributed by atoms with Gasteiger partial charge in [-0.15, -0.1) is 0 Å². The lowest BCUT2D eigenvalue weighted by Crippen LogP contribution is -2.32. The fraction of sp³-hybridized carbons (Fsp3) is 0.182. The molecule has 0 bridgehead atoms. The van der Waals surface area contributed by atoms with Gasteiger partial charge in [0.1, 0.15) is 5.52 Å². The molecule has 0 atom stereocenters. The second-order valence-corrected chi connectivity index (χ2v) is 4.31. The van der Waals surface area contributed by atoms with Gasteiger partial charge in [0.15, 0.2) is 0 Å². The Balaban J connectivity index is 2.24. The van der Waals surface area contributed by atoms with Gasteiger partial charge in [0.25, 0.3) is 0 Å². The first-order valence-corrected chi connectivity index (χ1v) is 6.16. The summed E-state index contributed by atoms with van der Waals surface area (Å²) < 4.78 is 0.705. The third-order valence-corrected chi connectivity index (χ3v) is 3.06. The van der Waals surface area contributed by atoms with Gasteiger partial charge in [0, 0.05) is 25.5 Å². The molecule has 0 fully saturated rings. The molecule has 0 aliphatic heterocycles. The van der Waals surface area contributed by atoms with E-state index in [-0.39, 0.29) is 6.03 Å². The predicted molar refractivity (Wildman–Crippen MR) is 73.3 cm³/mol. The molecule has 6 nitrogen and oxygen atoms in total. The van der Waals surface area contributed by atoms with E-state index in [9.17, 15) is 4.79 Å². The average molecular weight is 310 g/mol. The first-order chi connectivity index (χ1) is 8.72. The van der Waals surface area contributed by atoms with Gasteiger partial charge < -0.3 is 16.4 Å². The molecule has 1 aromatic heterocycles. The van der Waals surface area contributed by atoms with Crippen LogP contribution in [0.5, 0.6) is 0 Å². The highest BCUT2D eigenvalue weighted by Gasteiger charge is 2.09. The molecule has 2 aromatic rings. The third-order valence-electron chi connectivity index (χ3n) is 2.26. The summed E-state index contributed by atoms with van der Waals surface area (Å²) in [5, 5.41) is 5.34. The summed E-state index contributed by atoms with van der Waals surface area (Å²) in [6.45, 7) is 0.828. The van der Waals surface area contributed by atoms with Crippen molar-refractivity contribution < 1.29 is 4.79 Å². The molecule has 0 spiro atoms. The summed E-state index contributed by atoms with van der Waals surface area (Å²) in [5.41, 5.74) is 7.41. The van der Waals surface area contributed by atoms with Gasteiger partial charge in [-0.25, -0.2) is 4.79 Å². The van der Waals surface area contributed by atoms with Gasteiger partial charge in [-0.05, 0) is 28.1 Å². The number of benzene rings is 1. The Morgan fingerprint density at radius 1 is 1.33 bits per heavy atom. The highest BCUT2D eigenvalue weighted by Crippen LogP contribution is 2.28. The molecule has 1 aromatic carbocycles. The molecule has 0 aliphatic carbocycles. The van der Waals surface area contributed by atoms with Crippen LogP contribution in [0.1, 0.15) is 0 Å². The van der Waals surface area contributed by atoms with Crippen LogP contribution in [0, 0.1) is 0 Å². The summed E-state index contributed by atoms with van der Waals surface area (Å²) in [5.74, 6) is 0. The van der Waals surface area contributed by atoms with Crippen molar-refractivity contribution in [3.63, 3.8) is 0 Å². The molecule has 4 N–H and O–H groups in total. The highest BCUT2D eigenvalue weighted by molar-refractivity contribution is 9.10. The first kappa shape index (κ1) is 12.7. The van der Waals surface area contributed by atoms with E-state index in [0.717, 1.165) is 5.52 Å². The van der Waals surface area contributed by atoms with Crippen LogP contribution in [0.3, 0.4) is 0 Å². The van der Waals surface area contributed by atoms with Crippen LogP contribution in [0.2, 0.25) is 0 Å².